The molecule has 4 aliphatic rings. The fraction of sp³-hybridized carbons (Fsp3) is 0.933. The van der Waals surface area contributed by atoms with Crippen LogP contribution in [-0.4, -0.2) is 11.4 Å². The average molecular weight is 235 g/mol. The third kappa shape index (κ3) is 1.80. The molecule has 0 aromatic carbocycles. The van der Waals surface area contributed by atoms with Gasteiger partial charge in [0.2, 0.25) is 5.91 Å². The van der Waals surface area contributed by atoms with E-state index in [1.807, 2.05) is 0 Å². The SMILES string of the molecule is CC(C)CC(=O)NC12CC(C3CCCC3)(C1)C2. The predicted octanol–water partition coefficient (Wildman–Crippen LogP) is 3.26. The molecule has 0 atom stereocenters. The molecule has 1 N–H and O–H groups in total. The van der Waals surface area contributed by atoms with Gasteiger partial charge in [-0.1, -0.05) is 26.7 Å². The predicted molar refractivity (Wildman–Crippen MR) is 68.6 cm³/mol. The van der Waals surface area contributed by atoms with Crippen LogP contribution in [0.25, 0.3) is 0 Å². The minimum atomic E-state index is 0.245. The smallest absolute Gasteiger partial charge is 0.220 e. The van der Waals surface area contributed by atoms with Gasteiger partial charge in [-0.2, -0.15) is 0 Å². The lowest BCUT2D eigenvalue weighted by atomic mass is 9.35. The molecule has 4 fully saturated rings. The van der Waals surface area contributed by atoms with Gasteiger partial charge >= 0.3 is 0 Å². The Morgan fingerprint density at radius 3 is 2.35 bits per heavy atom. The van der Waals surface area contributed by atoms with E-state index in [2.05, 4.69) is 19.2 Å². The van der Waals surface area contributed by atoms with Crippen LogP contribution >= 0.6 is 0 Å². The zero-order valence-corrected chi connectivity index (χ0v) is 11.2. The Labute approximate surface area is 105 Å². The van der Waals surface area contributed by atoms with Gasteiger partial charge in [0.1, 0.15) is 0 Å². The molecule has 1 amide bonds. The second-order valence-electron chi connectivity index (χ2n) is 7.30. The zero-order valence-electron chi connectivity index (χ0n) is 11.2. The van der Waals surface area contributed by atoms with Gasteiger partial charge in [0.05, 0.1) is 0 Å². The highest BCUT2D eigenvalue weighted by Gasteiger charge is 2.70. The van der Waals surface area contributed by atoms with E-state index in [0.29, 0.717) is 17.8 Å². The highest BCUT2D eigenvalue weighted by Crippen LogP contribution is 2.72. The normalized spacial score (nSPS) is 39.9. The molecular weight excluding hydrogens is 210 g/mol. The number of hydrogen-bond donors (Lipinski definition) is 1. The van der Waals surface area contributed by atoms with Crippen LogP contribution in [0, 0.1) is 17.3 Å². The van der Waals surface area contributed by atoms with Crippen LogP contribution in [0.1, 0.15) is 65.2 Å². The molecule has 96 valence electrons. The average Bonchev–Trinajstić information content (AvgIpc) is 2.59. The number of nitrogens with one attached hydrogen (secondary N) is 1. The summed E-state index contributed by atoms with van der Waals surface area (Å²) in [5.74, 6) is 1.75. The Bertz CT molecular complexity index is 308. The van der Waals surface area contributed by atoms with Crippen LogP contribution in [0.15, 0.2) is 0 Å². The Balaban J connectivity index is 1.49. The van der Waals surface area contributed by atoms with Crippen molar-refractivity contribution >= 4 is 5.91 Å². The third-order valence-corrected chi connectivity index (χ3v) is 5.29. The van der Waals surface area contributed by atoms with E-state index in [-0.39, 0.29) is 11.4 Å². The maximum absolute atomic E-state index is 11.8. The maximum Gasteiger partial charge on any atom is 0.220 e. The quantitative estimate of drug-likeness (QED) is 0.796. The summed E-state index contributed by atoms with van der Waals surface area (Å²) in [6.45, 7) is 4.23. The van der Waals surface area contributed by atoms with Crippen LogP contribution in [0.2, 0.25) is 0 Å². The highest BCUT2D eigenvalue weighted by atomic mass is 16.1. The summed E-state index contributed by atoms with van der Waals surface area (Å²) in [7, 11) is 0. The van der Waals surface area contributed by atoms with Gasteiger partial charge in [-0.15, -0.1) is 0 Å². The lowest BCUT2D eigenvalue weighted by Gasteiger charge is -2.73. The first-order valence-corrected chi connectivity index (χ1v) is 7.35. The molecule has 4 rings (SSSR count). The van der Waals surface area contributed by atoms with E-state index in [4.69, 9.17) is 0 Å². The first-order valence-electron chi connectivity index (χ1n) is 7.35. The van der Waals surface area contributed by atoms with Gasteiger partial charge in [0.15, 0.2) is 0 Å². The van der Waals surface area contributed by atoms with Crippen LogP contribution < -0.4 is 5.32 Å². The van der Waals surface area contributed by atoms with Crippen molar-refractivity contribution in [2.75, 3.05) is 0 Å². The van der Waals surface area contributed by atoms with Crippen molar-refractivity contribution in [1.82, 2.24) is 5.32 Å². The van der Waals surface area contributed by atoms with Crippen molar-refractivity contribution < 1.29 is 4.79 Å². The van der Waals surface area contributed by atoms with E-state index in [1.54, 1.807) is 0 Å². The summed E-state index contributed by atoms with van der Waals surface area (Å²) in [5.41, 5.74) is 0.913. The molecule has 0 heterocycles. The molecule has 0 aromatic heterocycles. The summed E-state index contributed by atoms with van der Waals surface area (Å²) < 4.78 is 0. The van der Waals surface area contributed by atoms with Crippen LogP contribution in [0.3, 0.4) is 0 Å². The molecule has 17 heavy (non-hydrogen) atoms. The number of amides is 1. The Kier molecular flexibility index (Phi) is 2.53. The van der Waals surface area contributed by atoms with E-state index in [1.165, 1.54) is 44.9 Å². The van der Waals surface area contributed by atoms with E-state index in [0.717, 1.165) is 5.92 Å². The fourth-order valence-electron chi connectivity index (χ4n) is 4.69. The number of hydrogen-bond acceptors (Lipinski definition) is 1. The van der Waals surface area contributed by atoms with Crippen LogP contribution in [0.4, 0.5) is 0 Å². The second-order valence-corrected chi connectivity index (χ2v) is 7.30. The fourth-order valence-corrected chi connectivity index (χ4v) is 4.69. The minimum absolute atomic E-state index is 0.245. The van der Waals surface area contributed by atoms with Crippen LogP contribution in [-0.2, 0) is 4.79 Å². The van der Waals surface area contributed by atoms with Crippen LogP contribution in [0.5, 0.6) is 0 Å². The molecule has 0 aromatic rings. The first kappa shape index (κ1) is 11.6. The molecule has 0 unspecified atom stereocenters. The van der Waals surface area contributed by atoms with Gasteiger partial charge in [0, 0.05) is 12.0 Å². The third-order valence-electron chi connectivity index (χ3n) is 5.29. The molecule has 2 heteroatoms. The van der Waals surface area contributed by atoms with Crippen molar-refractivity contribution in [3.63, 3.8) is 0 Å². The second kappa shape index (κ2) is 3.73. The van der Waals surface area contributed by atoms with E-state index >= 15 is 0 Å². The van der Waals surface area contributed by atoms with Crippen molar-refractivity contribution in [2.24, 2.45) is 17.3 Å². The van der Waals surface area contributed by atoms with Crippen molar-refractivity contribution in [2.45, 2.75) is 70.8 Å². The highest BCUT2D eigenvalue weighted by molar-refractivity contribution is 5.77. The van der Waals surface area contributed by atoms with Gasteiger partial charge in [-0.25, -0.2) is 0 Å². The molecule has 0 radical (unpaired) electrons. The lowest BCUT2D eigenvalue weighted by molar-refractivity contribution is -0.192. The number of rotatable bonds is 4. The van der Waals surface area contributed by atoms with Gasteiger partial charge in [-0.3, -0.25) is 4.79 Å². The minimum Gasteiger partial charge on any atom is -0.351 e. The Morgan fingerprint density at radius 2 is 1.82 bits per heavy atom. The molecule has 2 bridgehead atoms. The van der Waals surface area contributed by atoms with Crippen molar-refractivity contribution in [3.05, 3.63) is 0 Å². The summed E-state index contributed by atoms with van der Waals surface area (Å²) in [5, 5.41) is 3.30. The van der Waals surface area contributed by atoms with E-state index in [9.17, 15) is 4.79 Å². The Morgan fingerprint density at radius 1 is 1.24 bits per heavy atom. The molecule has 0 aliphatic heterocycles. The van der Waals surface area contributed by atoms with Crippen molar-refractivity contribution in [3.8, 4) is 0 Å². The van der Waals surface area contributed by atoms with Crippen molar-refractivity contribution in [1.29, 1.82) is 0 Å². The Hall–Kier alpha value is -0.530. The summed E-state index contributed by atoms with van der Waals surface area (Å²) in [6, 6.07) is 0. The number of carbonyl (C=O) groups excluding carboxylic acids is 1. The molecule has 2 nitrogen and oxygen atoms in total. The van der Waals surface area contributed by atoms with Gasteiger partial charge in [0.25, 0.3) is 0 Å². The maximum atomic E-state index is 11.8. The zero-order chi connectivity index (χ0) is 12.1. The molecule has 0 spiro atoms. The lowest BCUT2D eigenvalue weighted by Crippen LogP contribution is -2.76. The van der Waals surface area contributed by atoms with Gasteiger partial charge < -0.3 is 5.32 Å². The molecule has 4 saturated carbocycles. The molecule has 4 aliphatic carbocycles. The van der Waals surface area contributed by atoms with E-state index < -0.39 is 0 Å². The molecular formula is C15H25NO. The summed E-state index contributed by atoms with van der Waals surface area (Å²) in [4.78, 5) is 11.8. The topological polar surface area (TPSA) is 29.1 Å². The summed E-state index contributed by atoms with van der Waals surface area (Å²) >= 11 is 0. The molecule has 0 saturated heterocycles. The number of carbonyl (C=O) groups is 1. The largest absolute Gasteiger partial charge is 0.351 e. The summed E-state index contributed by atoms with van der Waals surface area (Å²) in [6.07, 6.45) is 10.3. The first-order chi connectivity index (χ1) is 8.04. The standard InChI is InChI=1S/C15H25NO/c1-11(2)7-13(17)16-15-8-14(9-15,10-15)12-5-3-4-6-12/h11-12H,3-10H2,1-2H3,(H,16,17). The monoisotopic (exact) mass is 235 g/mol. The van der Waals surface area contributed by atoms with Gasteiger partial charge in [-0.05, 0) is 49.4 Å².